The van der Waals surface area contributed by atoms with E-state index in [0.29, 0.717) is 0 Å². The summed E-state index contributed by atoms with van der Waals surface area (Å²) in [4.78, 5) is 11.8. The van der Waals surface area contributed by atoms with E-state index in [0.717, 1.165) is 23.5 Å². The van der Waals surface area contributed by atoms with E-state index in [1.807, 2.05) is 27.7 Å². The summed E-state index contributed by atoms with van der Waals surface area (Å²) in [6.45, 7) is 7.70. The van der Waals surface area contributed by atoms with Crippen molar-refractivity contribution in [2.24, 2.45) is 11.7 Å². The summed E-state index contributed by atoms with van der Waals surface area (Å²) in [5.41, 5.74) is 8.21. The standard InChI is InChI=1S/C11H20N4O.2ClH/c1-5-6(2)9(12)11(16)13-10-7(3)14-15-8(10)4;;/h6,9H,5,12H2,1-4H3,(H,13,16)(H,14,15);2*1H. The van der Waals surface area contributed by atoms with Gasteiger partial charge in [0.25, 0.3) is 0 Å². The van der Waals surface area contributed by atoms with Crippen molar-refractivity contribution in [1.82, 2.24) is 10.2 Å². The maximum atomic E-state index is 11.8. The lowest BCUT2D eigenvalue weighted by Crippen LogP contribution is -2.40. The Labute approximate surface area is 120 Å². The number of H-pyrrole nitrogens is 1. The van der Waals surface area contributed by atoms with E-state index < -0.39 is 6.04 Å². The third-order valence-electron chi connectivity index (χ3n) is 2.94. The highest BCUT2D eigenvalue weighted by atomic mass is 35.5. The van der Waals surface area contributed by atoms with Crippen LogP contribution in [0.15, 0.2) is 0 Å². The first-order chi connectivity index (χ1) is 7.47. The lowest BCUT2D eigenvalue weighted by Gasteiger charge is -2.17. The summed E-state index contributed by atoms with van der Waals surface area (Å²) in [7, 11) is 0. The lowest BCUT2D eigenvalue weighted by atomic mass is 9.99. The average molecular weight is 297 g/mol. The number of halogens is 2. The number of aromatic nitrogens is 2. The van der Waals surface area contributed by atoms with Gasteiger partial charge in [-0.1, -0.05) is 20.3 Å². The van der Waals surface area contributed by atoms with Crippen LogP contribution in [0.2, 0.25) is 0 Å². The van der Waals surface area contributed by atoms with E-state index in [2.05, 4.69) is 15.5 Å². The Balaban J connectivity index is 0. The fraction of sp³-hybridized carbons (Fsp3) is 0.636. The second kappa shape index (κ2) is 8.34. The second-order valence-electron chi connectivity index (χ2n) is 4.21. The fourth-order valence-corrected chi connectivity index (χ4v) is 1.45. The van der Waals surface area contributed by atoms with Crippen molar-refractivity contribution < 1.29 is 4.79 Å². The molecule has 1 rings (SSSR count). The first kappa shape index (κ1) is 19.6. The number of nitrogens with one attached hydrogen (secondary N) is 2. The van der Waals surface area contributed by atoms with Crippen molar-refractivity contribution in [3.8, 4) is 0 Å². The molecule has 0 saturated heterocycles. The van der Waals surface area contributed by atoms with Crippen LogP contribution in [0.1, 0.15) is 31.7 Å². The molecule has 4 N–H and O–H groups in total. The predicted molar refractivity (Wildman–Crippen MR) is 78.6 cm³/mol. The van der Waals surface area contributed by atoms with E-state index >= 15 is 0 Å². The van der Waals surface area contributed by atoms with Crippen molar-refractivity contribution in [2.75, 3.05) is 5.32 Å². The Morgan fingerprint density at radius 3 is 2.39 bits per heavy atom. The van der Waals surface area contributed by atoms with E-state index in [1.54, 1.807) is 0 Å². The van der Waals surface area contributed by atoms with Gasteiger partial charge < -0.3 is 11.1 Å². The molecule has 0 aliphatic heterocycles. The zero-order valence-corrected chi connectivity index (χ0v) is 12.7. The Bertz CT molecular complexity index is 362. The first-order valence-electron chi connectivity index (χ1n) is 5.55. The molecule has 0 bridgehead atoms. The second-order valence-corrected chi connectivity index (χ2v) is 4.21. The van der Waals surface area contributed by atoms with Gasteiger partial charge >= 0.3 is 0 Å². The monoisotopic (exact) mass is 296 g/mol. The number of hydrogen-bond acceptors (Lipinski definition) is 3. The van der Waals surface area contributed by atoms with Gasteiger partial charge in [0.1, 0.15) is 0 Å². The molecule has 106 valence electrons. The molecule has 0 radical (unpaired) electrons. The molecule has 0 aliphatic rings. The fourth-order valence-electron chi connectivity index (χ4n) is 1.45. The van der Waals surface area contributed by atoms with Gasteiger partial charge in [0, 0.05) is 0 Å². The topological polar surface area (TPSA) is 83.8 Å². The molecular formula is C11H22Cl2N4O. The highest BCUT2D eigenvalue weighted by Gasteiger charge is 2.21. The Morgan fingerprint density at radius 1 is 1.44 bits per heavy atom. The molecule has 1 aromatic heterocycles. The minimum Gasteiger partial charge on any atom is -0.322 e. The van der Waals surface area contributed by atoms with Crippen LogP contribution in [0.4, 0.5) is 5.69 Å². The van der Waals surface area contributed by atoms with Crippen molar-refractivity contribution >= 4 is 36.4 Å². The molecule has 2 unspecified atom stereocenters. The molecule has 1 aromatic rings. The van der Waals surface area contributed by atoms with Crippen LogP contribution in [0.3, 0.4) is 0 Å². The number of aryl methyl sites for hydroxylation is 2. The van der Waals surface area contributed by atoms with Crippen LogP contribution in [0.25, 0.3) is 0 Å². The molecule has 0 fully saturated rings. The molecule has 0 spiro atoms. The average Bonchev–Trinajstić information content (AvgIpc) is 2.58. The van der Waals surface area contributed by atoms with Crippen molar-refractivity contribution in [1.29, 1.82) is 0 Å². The normalized spacial score (nSPS) is 12.9. The SMILES string of the molecule is CCC(C)C(N)C(=O)Nc1c(C)n[nH]c1C.Cl.Cl. The number of nitrogens with two attached hydrogens (primary N) is 1. The van der Waals surface area contributed by atoms with Crippen molar-refractivity contribution in [3.05, 3.63) is 11.4 Å². The Hall–Kier alpha value is -0.780. The number of nitrogens with zero attached hydrogens (tertiary/aromatic N) is 1. The molecule has 1 amide bonds. The van der Waals surface area contributed by atoms with E-state index in [-0.39, 0.29) is 36.6 Å². The van der Waals surface area contributed by atoms with Crippen molar-refractivity contribution in [2.45, 2.75) is 40.2 Å². The van der Waals surface area contributed by atoms with Gasteiger partial charge in [-0.3, -0.25) is 9.89 Å². The molecule has 18 heavy (non-hydrogen) atoms. The van der Waals surface area contributed by atoms with E-state index in [4.69, 9.17) is 5.73 Å². The number of rotatable bonds is 4. The van der Waals surface area contributed by atoms with E-state index in [1.165, 1.54) is 0 Å². The molecule has 0 aliphatic carbocycles. The number of aromatic amines is 1. The molecule has 7 heteroatoms. The van der Waals surface area contributed by atoms with Crippen LogP contribution in [0, 0.1) is 19.8 Å². The zero-order valence-electron chi connectivity index (χ0n) is 11.1. The van der Waals surface area contributed by atoms with Gasteiger partial charge in [0.2, 0.25) is 5.91 Å². The summed E-state index contributed by atoms with van der Waals surface area (Å²) in [6.07, 6.45) is 0.887. The molecule has 5 nitrogen and oxygen atoms in total. The highest BCUT2D eigenvalue weighted by Crippen LogP contribution is 2.17. The van der Waals surface area contributed by atoms with E-state index in [9.17, 15) is 4.79 Å². The smallest absolute Gasteiger partial charge is 0.241 e. The number of hydrogen-bond donors (Lipinski definition) is 3. The van der Waals surface area contributed by atoms with Crippen LogP contribution in [-0.2, 0) is 4.79 Å². The summed E-state index contributed by atoms with van der Waals surface area (Å²) in [5, 5.41) is 9.65. The quantitative estimate of drug-likeness (QED) is 0.796. The van der Waals surface area contributed by atoms with Crippen LogP contribution < -0.4 is 11.1 Å². The van der Waals surface area contributed by atoms with Gasteiger partial charge in [-0.2, -0.15) is 5.10 Å². The number of amides is 1. The lowest BCUT2D eigenvalue weighted by molar-refractivity contribution is -0.118. The molecule has 0 saturated carbocycles. The molecule has 2 atom stereocenters. The van der Waals surface area contributed by atoms with Crippen LogP contribution in [-0.4, -0.2) is 22.1 Å². The van der Waals surface area contributed by atoms with Gasteiger partial charge in [-0.25, -0.2) is 0 Å². The largest absolute Gasteiger partial charge is 0.322 e. The van der Waals surface area contributed by atoms with Crippen LogP contribution >= 0.6 is 24.8 Å². The number of carbonyl (C=O) groups is 1. The minimum atomic E-state index is -0.473. The number of carbonyl (C=O) groups excluding carboxylic acids is 1. The van der Waals surface area contributed by atoms with Gasteiger partial charge in [-0.15, -0.1) is 24.8 Å². The zero-order chi connectivity index (χ0) is 12.3. The molecular weight excluding hydrogens is 275 g/mol. The third kappa shape index (κ3) is 4.48. The number of anilines is 1. The third-order valence-corrected chi connectivity index (χ3v) is 2.94. The Morgan fingerprint density at radius 2 is 2.00 bits per heavy atom. The predicted octanol–water partition coefficient (Wildman–Crippen LogP) is 2.18. The maximum absolute atomic E-state index is 11.8. The van der Waals surface area contributed by atoms with Gasteiger partial charge in [-0.05, 0) is 19.8 Å². The molecule has 0 aromatic carbocycles. The maximum Gasteiger partial charge on any atom is 0.241 e. The van der Waals surface area contributed by atoms with Gasteiger partial charge in [0.05, 0.1) is 23.1 Å². The van der Waals surface area contributed by atoms with Crippen LogP contribution in [0.5, 0.6) is 0 Å². The Kier molecular flexibility index (Phi) is 9.07. The first-order valence-corrected chi connectivity index (χ1v) is 5.55. The summed E-state index contributed by atoms with van der Waals surface area (Å²) < 4.78 is 0. The van der Waals surface area contributed by atoms with Crippen molar-refractivity contribution in [3.63, 3.8) is 0 Å². The highest BCUT2D eigenvalue weighted by molar-refractivity contribution is 5.95. The van der Waals surface area contributed by atoms with Gasteiger partial charge in [0.15, 0.2) is 0 Å². The summed E-state index contributed by atoms with van der Waals surface area (Å²) in [6, 6.07) is -0.473. The summed E-state index contributed by atoms with van der Waals surface area (Å²) in [5.74, 6) is 0.0227. The molecule has 1 heterocycles. The summed E-state index contributed by atoms with van der Waals surface area (Å²) >= 11 is 0. The minimum absolute atomic E-state index is 0.